The zero-order chi connectivity index (χ0) is 43.2. The van der Waals surface area contributed by atoms with Crippen LogP contribution in [-0.4, -0.2) is 38.2 Å². The van der Waals surface area contributed by atoms with Crippen molar-refractivity contribution in [3.8, 4) is 28.0 Å². The highest BCUT2D eigenvalue weighted by Crippen LogP contribution is 2.48. The molecule has 18 heteroatoms. The van der Waals surface area contributed by atoms with Gasteiger partial charge in [-0.3, -0.25) is 40.5 Å². The number of aliphatic imine (C=N–C) groups is 2. The summed E-state index contributed by atoms with van der Waals surface area (Å²) in [5.41, 5.74) is 4.09. The maximum absolute atomic E-state index is 12.8. The van der Waals surface area contributed by atoms with Crippen LogP contribution >= 0.6 is 0 Å². The fraction of sp³-hybridized carbons (Fsp3) is 0.0952. The van der Waals surface area contributed by atoms with Crippen molar-refractivity contribution in [1.82, 2.24) is 0 Å². The van der Waals surface area contributed by atoms with Gasteiger partial charge >= 0.3 is 6.18 Å². The lowest BCUT2D eigenvalue weighted by Crippen LogP contribution is -2.04. The third-order valence-electron chi connectivity index (χ3n) is 9.68. The van der Waals surface area contributed by atoms with Crippen LogP contribution in [-0.2, 0) is 6.18 Å². The molecule has 0 amide bonds. The minimum Gasteiger partial charge on any atom is -0.494 e. The molecular weight excluding hydrogens is 789 g/mol. The first-order valence-corrected chi connectivity index (χ1v) is 17.6. The van der Waals surface area contributed by atoms with Crippen molar-refractivity contribution < 1.29 is 37.6 Å². The molecule has 15 nitrogen and oxygen atoms in total. The van der Waals surface area contributed by atoms with Crippen molar-refractivity contribution in [2.45, 2.75) is 20.0 Å². The summed E-state index contributed by atoms with van der Waals surface area (Å²) in [7, 11) is 1.52. The quantitative estimate of drug-likeness (QED) is 0.111. The zero-order valence-electron chi connectivity index (χ0n) is 31.4. The Morgan fingerprint density at radius 3 is 1.43 bits per heavy atom. The van der Waals surface area contributed by atoms with Crippen LogP contribution in [0.4, 0.5) is 47.3 Å². The van der Waals surface area contributed by atoms with E-state index < -0.39 is 42.8 Å². The molecule has 0 spiro atoms. The van der Waals surface area contributed by atoms with E-state index in [1.54, 1.807) is 55.5 Å². The van der Waals surface area contributed by atoms with Crippen LogP contribution in [0, 0.1) is 54.3 Å². The molecule has 2 aliphatic carbocycles. The number of hydrogen-bond donors (Lipinski definition) is 0. The van der Waals surface area contributed by atoms with Crippen LogP contribution in [0.25, 0.3) is 22.3 Å². The molecule has 8 rings (SSSR count). The van der Waals surface area contributed by atoms with Crippen molar-refractivity contribution in [3.63, 3.8) is 0 Å². The Bertz CT molecular complexity index is 2890. The number of para-hydroxylation sites is 2. The monoisotopic (exact) mass is 816 g/mol. The van der Waals surface area contributed by atoms with Crippen molar-refractivity contribution in [2.24, 2.45) is 9.98 Å². The lowest BCUT2D eigenvalue weighted by molar-refractivity contribution is -0.394. The van der Waals surface area contributed by atoms with Gasteiger partial charge in [-0.05, 0) is 73.5 Å². The molecule has 300 valence electrons. The lowest BCUT2D eigenvalue weighted by Gasteiger charge is -2.07. The van der Waals surface area contributed by atoms with E-state index >= 15 is 0 Å². The van der Waals surface area contributed by atoms with Gasteiger partial charge < -0.3 is 4.74 Å². The van der Waals surface area contributed by atoms with E-state index in [4.69, 9.17) is 9.73 Å². The van der Waals surface area contributed by atoms with E-state index in [2.05, 4.69) is 4.99 Å². The third-order valence-corrected chi connectivity index (χ3v) is 9.68. The van der Waals surface area contributed by atoms with Crippen molar-refractivity contribution >= 4 is 45.5 Å². The number of halogens is 3. The molecule has 0 atom stereocenters. The van der Waals surface area contributed by atoms with Crippen LogP contribution in [0.1, 0.15) is 38.9 Å². The summed E-state index contributed by atoms with van der Waals surface area (Å²) in [4.78, 5) is 52.5. The van der Waals surface area contributed by atoms with Gasteiger partial charge in [-0.1, -0.05) is 47.5 Å². The van der Waals surface area contributed by atoms with Crippen LogP contribution < -0.4 is 4.74 Å². The molecule has 6 aromatic rings. The predicted octanol–water partition coefficient (Wildman–Crippen LogP) is 10.9. The Balaban J connectivity index is 0.000000182. The Hall–Kier alpha value is -8.15. The smallest absolute Gasteiger partial charge is 0.416 e. The molecule has 0 bridgehead atoms. The van der Waals surface area contributed by atoms with Gasteiger partial charge in [0.15, 0.2) is 0 Å². The van der Waals surface area contributed by atoms with Crippen LogP contribution in [0.3, 0.4) is 0 Å². The van der Waals surface area contributed by atoms with E-state index in [-0.39, 0.29) is 33.9 Å². The van der Waals surface area contributed by atoms with E-state index in [9.17, 15) is 53.6 Å². The number of fused-ring (bicyclic) bond motifs is 6. The highest BCUT2D eigenvalue weighted by atomic mass is 19.4. The number of rotatable bonds is 7. The van der Waals surface area contributed by atoms with E-state index in [0.29, 0.717) is 50.5 Å². The highest BCUT2D eigenvalue weighted by Gasteiger charge is 2.37. The standard InChI is InChI=1S/C21H12F3N3O4.C21H15N3O5/c1-11-2-7-15-16(8-11)20(25-13-5-3-12(4-6-13)21(22,23)24)17-9-14(26(28)29)10-18(19(15)17)27(30)31;1-12-7-8-14-15(9-12)21(22-17-5-3-4-6-19(17)29-2)16-10-13(23(25)26)11-18(20(14)16)24(27)28/h2-10H,1H3;3-11H,1-2H3. The number of nitro benzene ring substituents is 4. The number of nitro groups is 4. The molecule has 0 fully saturated rings. The van der Waals surface area contributed by atoms with Gasteiger partial charge in [-0.2, -0.15) is 13.2 Å². The van der Waals surface area contributed by atoms with Gasteiger partial charge in [0.05, 0.1) is 72.7 Å². The molecule has 60 heavy (non-hydrogen) atoms. The third kappa shape index (κ3) is 7.39. The van der Waals surface area contributed by atoms with Crippen molar-refractivity contribution in [1.29, 1.82) is 0 Å². The van der Waals surface area contributed by atoms with E-state index in [1.165, 1.54) is 31.4 Å². The second kappa shape index (κ2) is 15.3. The lowest BCUT2D eigenvalue weighted by atomic mass is 10.0. The first kappa shape index (κ1) is 40.1. The zero-order valence-corrected chi connectivity index (χ0v) is 31.4. The van der Waals surface area contributed by atoms with Gasteiger partial charge in [0, 0.05) is 34.4 Å². The second-order valence-corrected chi connectivity index (χ2v) is 13.5. The molecular formula is C42H27F3N6O9. The van der Waals surface area contributed by atoms with Crippen molar-refractivity contribution in [3.05, 3.63) is 189 Å². The first-order chi connectivity index (χ1) is 28.5. The Kier molecular flexibility index (Phi) is 10.2. The number of benzene rings is 6. The average molecular weight is 817 g/mol. The Labute approximate surface area is 336 Å². The first-order valence-electron chi connectivity index (χ1n) is 17.6. The minimum absolute atomic E-state index is 0.178. The largest absolute Gasteiger partial charge is 0.494 e. The van der Waals surface area contributed by atoms with Crippen LogP contribution in [0.15, 0.2) is 119 Å². The van der Waals surface area contributed by atoms with Crippen molar-refractivity contribution in [2.75, 3.05) is 7.11 Å². The number of hydrogen-bond acceptors (Lipinski definition) is 11. The summed E-state index contributed by atoms with van der Waals surface area (Å²) in [6, 6.07) is 26.3. The molecule has 6 aromatic carbocycles. The molecule has 0 aromatic heterocycles. The fourth-order valence-electron chi connectivity index (χ4n) is 7.03. The number of alkyl halides is 3. The van der Waals surface area contributed by atoms with Crippen LogP contribution in [0.2, 0.25) is 0 Å². The Morgan fingerprint density at radius 1 is 0.533 bits per heavy atom. The van der Waals surface area contributed by atoms with Gasteiger partial charge in [-0.15, -0.1) is 0 Å². The van der Waals surface area contributed by atoms with Gasteiger partial charge in [0.25, 0.3) is 22.7 Å². The molecule has 2 aliphatic rings. The maximum atomic E-state index is 12.8. The average Bonchev–Trinajstić information content (AvgIpc) is 3.67. The maximum Gasteiger partial charge on any atom is 0.416 e. The van der Waals surface area contributed by atoms with Crippen LogP contribution in [0.5, 0.6) is 5.75 Å². The number of ether oxygens (including phenoxy) is 1. The molecule has 0 unspecified atom stereocenters. The number of non-ortho nitro benzene ring substituents is 2. The summed E-state index contributed by atoms with van der Waals surface area (Å²) in [5, 5.41) is 46.1. The number of methoxy groups -OCH3 is 1. The molecule has 0 saturated carbocycles. The number of aryl methyl sites for hydroxylation is 2. The van der Waals surface area contributed by atoms with Gasteiger partial charge in [0.1, 0.15) is 11.4 Å². The minimum atomic E-state index is -4.50. The Morgan fingerprint density at radius 2 is 1.00 bits per heavy atom. The summed E-state index contributed by atoms with van der Waals surface area (Å²) in [6.07, 6.45) is -4.50. The summed E-state index contributed by atoms with van der Waals surface area (Å²) >= 11 is 0. The van der Waals surface area contributed by atoms with Gasteiger partial charge in [-0.25, -0.2) is 9.98 Å². The summed E-state index contributed by atoms with van der Waals surface area (Å²) in [5.74, 6) is 0.530. The molecule has 0 aliphatic heterocycles. The fourth-order valence-corrected chi connectivity index (χ4v) is 7.03. The molecule has 0 saturated heterocycles. The second-order valence-electron chi connectivity index (χ2n) is 13.5. The summed E-state index contributed by atoms with van der Waals surface area (Å²) < 4.78 is 43.9. The topological polar surface area (TPSA) is 207 Å². The SMILES string of the molecule is COc1ccccc1N=C1c2cc(C)ccc2-c2c1cc([N+](=O)[O-])cc2[N+](=O)[O-].Cc1ccc2c(c1)C(=Nc1ccc(C(F)(F)F)cc1)c1cc([N+](=O)[O-])cc([N+](=O)[O-])c1-2. The molecule has 0 heterocycles. The summed E-state index contributed by atoms with van der Waals surface area (Å²) in [6.45, 7) is 3.71. The molecule has 0 N–H and O–H groups in total. The normalized spacial score (nSPS) is 13.4. The number of nitrogens with zero attached hydrogens (tertiary/aromatic N) is 6. The van der Waals surface area contributed by atoms with E-state index in [0.717, 1.165) is 35.4 Å². The van der Waals surface area contributed by atoms with E-state index in [1.807, 2.05) is 19.1 Å². The molecule has 0 radical (unpaired) electrons. The highest BCUT2D eigenvalue weighted by molar-refractivity contribution is 6.27. The predicted molar refractivity (Wildman–Crippen MR) is 215 cm³/mol. The van der Waals surface area contributed by atoms with Gasteiger partial charge in [0.2, 0.25) is 0 Å².